The molecule has 1 aromatic carbocycles. The number of nitrogens with zero attached hydrogens (tertiary/aromatic N) is 2. The number of carbonyl (C=O) groups excluding carboxylic acids is 1. The predicted molar refractivity (Wildman–Crippen MR) is 93.1 cm³/mol. The first kappa shape index (κ1) is 18.1. The second-order valence-corrected chi connectivity index (χ2v) is 6.61. The molecular weight excluding hydrogens is 326 g/mol. The minimum absolute atomic E-state index is 0.105. The van der Waals surface area contributed by atoms with Gasteiger partial charge >= 0.3 is 0 Å². The number of benzene rings is 1. The summed E-state index contributed by atoms with van der Waals surface area (Å²) in [6, 6.07) is 6.00. The summed E-state index contributed by atoms with van der Waals surface area (Å²) in [5, 5.41) is 10.6. The lowest BCUT2D eigenvalue weighted by Crippen LogP contribution is -2.30. The van der Waals surface area contributed by atoms with Gasteiger partial charge in [0.15, 0.2) is 6.61 Å². The summed E-state index contributed by atoms with van der Waals surface area (Å²) in [6.07, 6.45) is 1.63. The lowest BCUT2D eigenvalue weighted by atomic mass is 10.1. The maximum atomic E-state index is 11.8. The molecule has 0 spiro atoms. The van der Waals surface area contributed by atoms with Crippen LogP contribution in [0.2, 0.25) is 0 Å². The lowest BCUT2D eigenvalue weighted by molar-refractivity contribution is -0.120. The molecule has 1 aromatic heterocycles. The minimum Gasteiger partial charge on any atom is -0.484 e. The summed E-state index contributed by atoms with van der Waals surface area (Å²) in [6.45, 7) is 9.95. The van der Waals surface area contributed by atoms with E-state index in [0.29, 0.717) is 17.7 Å². The average Bonchev–Trinajstić information content (AvgIpc) is 3.00. The van der Waals surface area contributed by atoms with Gasteiger partial charge in [0, 0.05) is 6.54 Å². The molecule has 0 aliphatic rings. The Hall–Kier alpha value is -2.28. The molecule has 1 amide bonds. The Balaban J connectivity index is 1.90. The lowest BCUT2D eigenvalue weighted by Gasteiger charge is -2.08. The first-order chi connectivity index (χ1) is 11.5. The number of rotatable bonds is 8. The second-order valence-electron chi connectivity index (χ2n) is 5.31. The topological polar surface area (TPSA) is 77.2 Å². The Bertz CT molecular complexity index is 715. The zero-order valence-corrected chi connectivity index (χ0v) is 14.9. The second kappa shape index (κ2) is 8.54. The molecule has 24 heavy (non-hydrogen) atoms. The average molecular weight is 347 g/mol. The quantitative estimate of drug-likeness (QED) is 0.584. The van der Waals surface area contributed by atoms with Crippen molar-refractivity contribution in [2.24, 2.45) is 0 Å². The van der Waals surface area contributed by atoms with Gasteiger partial charge in [0.05, 0.1) is 5.25 Å². The number of thioether (sulfide) groups is 1. The zero-order chi connectivity index (χ0) is 17.5. The van der Waals surface area contributed by atoms with Crippen LogP contribution in [0, 0.1) is 13.8 Å². The van der Waals surface area contributed by atoms with E-state index in [1.165, 1.54) is 11.8 Å². The van der Waals surface area contributed by atoms with Gasteiger partial charge in [-0.25, -0.2) is 0 Å². The molecule has 7 heteroatoms. The monoisotopic (exact) mass is 347 g/mol. The SMILES string of the molecule is C=CCNC(=O)C(C)Sc1nnc(COc2cc(C)ccc2C)o1. The number of carbonyl (C=O) groups is 1. The van der Waals surface area contributed by atoms with Crippen molar-refractivity contribution in [2.45, 2.75) is 37.9 Å². The third-order valence-electron chi connectivity index (χ3n) is 3.21. The van der Waals surface area contributed by atoms with Gasteiger partial charge < -0.3 is 14.5 Å². The first-order valence-corrected chi connectivity index (χ1v) is 8.45. The van der Waals surface area contributed by atoms with E-state index in [0.717, 1.165) is 16.9 Å². The summed E-state index contributed by atoms with van der Waals surface area (Å²) in [4.78, 5) is 11.8. The van der Waals surface area contributed by atoms with Crippen LogP contribution < -0.4 is 10.1 Å². The maximum absolute atomic E-state index is 11.8. The molecule has 2 rings (SSSR count). The summed E-state index contributed by atoms with van der Waals surface area (Å²) in [5.74, 6) is 1.06. The van der Waals surface area contributed by atoms with Crippen LogP contribution in [0.4, 0.5) is 0 Å². The summed E-state index contributed by atoms with van der Waals surface area (Å²) < 4.78 is 11.2. The fourth-order valence-corrected chi connectivity index (χ4v) is 2.59. The van der Waals surface area contributed by atoms with Crippen LogP contribution in [-0.4, -0.2) is 27.9 Å². The van der Waals surface area contributed by atoms with Crippen molar-refractivity contribution in [2.75, 3.05) is 6.54 Å². The fraction of sp³-hybridized carbons (Fsp3) is 0.353. The van der Waals surface area contributed by atoms with Crippen molar-refractivity contribution in [1.29, 1.82) is 0 Å². The van der Waals surface area contributed by atoms with Crippen molar-refractivity contribution < 1.29 is 13.9 Å². The molecule has 1 N–H and O–H groups in total. The highest BCUT2D eigenvalue weighted by Gasteiger charge is 2.18. The number of aryl methyl sites for hydroxylation is 2. The molecule has 0 saturated carbocycles. The third kappa shape index (κ3) is 5.13. The van der Waals surface area contributed by atoms with Crippen LogP contribution in [0.3, 0.4) is 0 Å². The van der Waals surface area contributed by atoms with Crippen molar-refractivity contribution in [1.82, 2.24) is 15.5 Å². The first-order valence-electron chi connectivity index (χ1n) is 7.57. The standard InChI is InChI=1S/C17H21N3O3S/c1-5-8-18-16(21)13(4)24-17-20-19-15(23-17)10-22-14-9-11(2)6-7-12(14)3/h5-7,9,13H,1,8,10H2,2-4H3,(H,18,21). The van der Waals surface area contributed by atoms with E-state index in [-0.39, 0.29) is 17.8 Å². The van der Waals surface area contributed by atoms with Crippen LogP contribution in [0.15, 0.2) is 40.5 Å². The van der Waals surface area contributed by atoms with E-state index in [4.69, 9.17) is 9.15 Å². The molecule has 0 aliphatic heterocycles. The van der Waals surface area contributed by atoms with E-state index in [1.54, 1.807) is 13.0 Å². The minimum atomic E-state index is -0.335. The highest BCUT2D eigenvalue weighted by molar-refractivity contribution is 8.00. The number of nitrogens with one attached hydrogen (secondary N) is 1. The molecule has 0 saturated heterocycles. The molecule has 6 nitrogen and oxygen atoms in total. The summed E-state index contributed by atoms with van der Waals surface area (Å²) >= 11 is 1.21. The van der Waals surface area contributed by atoms with Gasteiger partial charge in [-0.15, -0.1) is 16.8 Å². The van der Waals surface area contributed by atoms with Gasteiger partial charge in [0.1, 0.15) is 5.75 Å². The van der Waals surface area contributed by atoms with Gasteiger partial charge in [-0.3, -0.25) is 4.79 Å². The molecule has 128 valence electrons. The van der Waals surface area contributed by atoms with Gasteiger partial charge in [0.2, 0.25) is 5.91 Å². The number of aromatic nitrogens is 2. The summed E-state index contributed by atoms with van der Waals surface area (Å²) in [7, 11) is 0. The molecule has 2 aromatic rings. The number of amides is 1. The molecule has 0 aliphatic carbocycles. The Kier molecular flexibility index (Phi) is 6.43. The Morgan fingerprint density at radius 1 is 1.46 bits per heavy atom. The van der Waals surface area contributed by atoms with Gasteiger partial charge in [-0.2, -0.15) is 0 Å². The highest BCUT2D eigenvalue weighted by atomic mass is 32.2. The Morgan fingerprint density at radius 2 is 2.25 bits per heavy atom. The van der Waals surface area contributed by atoms with Gasteiger partial charge in [0.25, 0.3) is 11.1 Å². The number of hydrogen-bond donors (Lipinski definition) is 1. The van der Waals surface area contributed by atoms with E-state index < -0.39 is 0 Å². The van der Waals surface area contributed by atoms with Gasteiger partial charge in [-0.1, -0.05) is 30.0 Å². The van der Waals surface area contributed by atoms with Crippen molar-refractivity contribution >= 4 is 17.7 Å². The molecular formula is C17H21N3O3S. The van der Waals surface area contributed by atoms with Crippen molar-refractivity contribution in [3.63, 3.8) is 0 Å². The van der Waals surface area contributed by atoms with Crippen LogP contribution in [-0.2, 0) is 11.4 Å². The maximum Gasteiger partial charge on any atom is 0.277 e. The van der Waals surface area contributed by atoms with E-state index in [1.807, 2.05) is 32.0 Å². The third-order valence-corrected chi connectivity index (χ3v) is 4.14. The van der Waals surface area contributed by atoms with Crippen LogP contribution in [0.5, 0.6) is 5.75 Å². The zero-order valence-electron chi connectivity index (χ0n) is 14.0. The van der Waals surface area contributed by atoms with Crippen molar-refractivity contribution in [3.05, 3.63) is 47.9 Å². The smallest absolute Gasteiger partial charge is 0.277 e. The van der Waals surface area contributed by atoms with E-state index in [9.17, 15) is 4.79 Å². The largest absolute Gasteiger partial charge is 0.484 e. The molecule has 1 heterocycles. The van der Waals surface area contributed by atoms with Crippen LogP contribution in [0.1, 0.15) is 23.9 Å². The molecule has 0 bridgehead atoms. The van der Waals surface area contributed by atoms with Crippen LogP contribution in [0.25, 0.3) is 0 Å². The van der Waals surface area contributed by atoms with Crippen molar-refractivity contribution in [3.8, 4) is 5.75 Å². The van der Waals surface area contributed by atoms with Crippen LogP contribution >= 0.6 is 11.8 Å². The molecule has 1 unspecified atom stereocenters. The van der Waals surface area contributed by atoms with E-state index in [2.05, 4.69) is 22.1 Å². The molecule has 0 radical (unpaired) electrons. The molecule has 0 fully saturated rings. The Morgan fingerprint density at radius 3 is 3.00 bits per heavy atom. The normalized spacial score (nSPS) is 11.8. The number of hydrogen-bond acceptors (Lipinski definition) is 6. The fourth-order valence-electron chi connectivity index (χ4n) is 1.87. The summed E-state index contributed by atoms with van der Waals surface area (Å²) in [5.41, 5.74) is 2.17. The van der Waals surface area contributed by atoms with E-state index >= 15 is 0 Å². The molecule has 1 atom stereocenters. The predicted octanol–water partition coefficient (Wildman–Crippen LogP) is 3.05. The number of ether oxygens (including phenoxy) is 1. The Labute approximate surface area is 145 Å². The van der Waals surface area contributed by atoms with Gasteiger partial charge in [-0.05, 0) is 38.0 Å². The highest BCUT2D eigenvalue weighted by Crippen LogP contribution is 2.23.